The molecule has 3 heteroatoms. The van der Waals surface area contributed by atoms with Crippen molar-refractivity contribution >= 4 is 30.9 Å². The van der Waals surface area contributed by atoms with Crippen molar-refractivity contribution in [2.75, 3.05) is 0 Å². The normalized spacial score (nSPS) is 13.6. The maximum absolute atomic E-state index is 4.40. The molecule has 2 aromatic rings. The molecule has 1 aromatic heterocycles. The Balaban J connectivity index is 2.60. The number of nitrogens with zero attached hydrogens (tertiary/aromatic N) is 2. The summed E-state index contributed by atoms with van der Waals surface area (Å²) in [5.41, 5.74) is 2.45. The standard InChI is InChI=1S/C7H4N2Se/c1-2-4-6-5(3-1)8-7-9(6)10-7/h1-4H. The van der Waals surface area contributed by atoms with Crippen LogP contribution in [0, 0.1) is 0 Å². The molecule has 0 bridgehead atoms. The van der Waals surface area contributed by atoms with Gasteiger partial charge in [0, 0.05) is 0 Å². The molecule has 0 atom stereocenters. The summed E-state index contributed by atoms with van der Waals surface area (Å²) in [5.74, 6) is 0. The minimum atomic E-state index is 0.564. The summed E-state index contributed by atoms with van der Waals surface area (Å²) in [6, 6.07) is 8.28. The zero-order chi connectivity index (χ0) is 6.55. The molecule has 1 aliphatic rings. The third-order valence-electron chi connectivity index (χ3n) is 1.63. The molecular formula is C7H4N2Se. The average molecular weight is 195 g/mol. The van der Waals surface area contributed by atoms with Gasteiger partial charge in [-0.25, -0.2) is 0 Å². The Hall–Kier alpha value is -0.791. The minimum absolute atomic E-state index is 0.564. The second-order valence-corrected chi connectivity index (χ2v) is 4.18. The summed E-state index contributed by atoms with van der Waals surface area (Å²) in [6.45, 7) is 0. The monoisotopic (exact) mass is 196 g/mol. The number of benzene rings is 1. The Morgan fingerprint density at radius 1 is 1.30 bits per heavy atom. The summed E-state index contributed by atoms with van der Waals surface area (Å²) in [4.78, 5) is 4.40. The Bertz CT molecular complexity index is 405. The summed E-state index contributed by atoms with van der Waals surface area (Å²) in [6.07, 6.45) is 0. The molecule has 1 aliphatic heterocycles. The van der Waals surface area contributed by atoms with Crippen LogP contribution in [-0.4, -0.2) is 23.7 Å². The van der Waals surface area contributed by atoms with Gasteiger partial charge in [0.2, 0.25) is 0 Å². The number of aromatic nitrogens is 2. The van der Waals surface area contributed by atoms with E-state index in [1.54, 1.807) is 0 Å². The van der Waals surface area contributed by atoms with Crippen LogP contribution in [0.2, 0.25) is 0 Å². The second-order valence-electron chi connectivity index (χ2n) is 2.27. The predicted molar refractivity (Wildman–Crippen MR) is 40.5 cm³/mol. The van der Waals surface area contributed by atoms with Gasteiger partial charge in [0.25, 0.3) is 0 Å². The van der Waals surface area contributed by atoms with Crippen LogP contribution in [0.15, 0.2) is 24.3 Å². The Labute approximate surface area is 64.2 Å². The first kappa shape index (κ1) is 4.94. The van der Waals surface area contributed by atoms with E-state index in [1.165, 1.54) is 10.2 Å². The Morgan fingerprint density at radius 2 is 2.20 bits per heavy atom. The van der Waals surface area contributed by atoms with Crippen LogP contribution in [0.25, 0.3) is 11.0 Å². The third kappa shape index (κ3) is 0.474. The van der Waals surface area contributed by atoms with Crippen LogP contribution in [0.5, 0.6) is 0 Å². The number of hydrogen-bond donors (Lipinski definition) is 0. The van der Waals surface area contributed by atoms with E-state index in [0.29, 0.717) is 15.2 Å². The molecule has 3 rings (SSSR count). The van der Waals surface area contributed by atoms with Crippen LogP contribution in [0.4, 0.5) is 0 Å². The van der Waals surface area contributed by atoms with Crippen molar-refractivity contribution < 1.29 is 0 Å². The molecule has 0 unspecified atom stereocenters. The van der Waals surface area contributed by atoms with Gasteiger partial charge >= 0.3 is 63.8 Å². The second kappa shape index (κ2) is 1.44. The predicted octanol–water partition coefficient (Wildman–Crippen LogP) is 0.142. The van der Waals surface area contributed by atoms with Gasteiger partial charge in [-0.2, -0.15) is 0 Å². The molecule has 0 fully saturated rings. The van der Waals surface area contributed by atoms with E-state index in [1.807, 2.05) is 6.07 Å². The fraction of sp³-hybridized carbons (Fsp3) is 0. The van der Waals surface area contributed by atoms with Crippen molar-refractivity contribution in [3.05, 3.63) is 24.3 Å². The molecule has 0 aliphatic carbocycles. The van der Waals surface area contributed by atoms with E-state index in [-0.39, 0.29) is 0 Å². The first-order valence-electron chi connectivity index (χ1n) is 3.11. The summed E-state index contributed by atoms with van der Waals surface area (Å²) >= 11 is 0.564. The first-order valence-corrected chi connectivity index (χ1v) is 4.73. The summed E-state index contributed by atoms with van der Waals surface area (Å²) in [7, 11) is 0. The van der Waals surface area contributed by atoms with Crippen LogP contribution in [-0.2, 0) is 0 Å². The van der Waals surface area contributed by atoms with Crippen LogP contribution < -0.4 is 4.72 Å². The van der Waals surface area contributed by atoms with Gasteiger partial charge in [0.15, 0.2) is 0 Å². The average Bonchev–Trinajstić information content (AvgIpc) is 2.64. The van der Waals surface area contributed by atoms with Gasteiger partial charge in [0.1, 0.15) is 0 Å². The fourth-order valence-corrected chi connectivity index (χ4v) is 2.48. The number of imidazole rings is 1. The van der Waals surface area contributed by atoms with Crippen molar-refractivity contribution in [1.29, 1.82) is 0 Å². The quantitative estimate of drug-likeness (QED) is 0.466. The van der Waals surface area contributed by atoms with Crippen LogP contribution in [0.1, 0.15) is 0 Å². The van der Waals surface area contributed by atoms with E-state index < -0.39 is 0 Å². The molecular weight excluding hydrogens is 191 g/mol. The summed E-state index contributed by atoms with van der Waals surface area (Å²) in [5, 5.41) is 0. The number of fused-ring (bicyclic) bond motifs is 3. The van der Waals surface area contributed by atoms with E-state index in [2.05, 4.69) is 26.8 Å². The van der Waals surface area contributed by atoms with Crippen molar-refractivity contribution in [3.63, 3.8) is 0 Å². The molecule has 10 heavy (non-hydrogen) atoms. The molecule has 1 aromatic carbocycles. The van der Waals surface area contributed by atoms with Gasteiger partial charge in [-0.15, -0.1) is 0 Å². The van der Waals surface area contributed by atoms with Gasteiger partial charge in [-0.1, -0.05) is 0 Å². The summed E-state index contributed by atoms with van der Waals surface area (Å²) < 4.78 is 3.57. The van der Waals surface area contributed by atoms with Gasteiger partial charge in [0.05, 0.1) is 0 Å². The molecule has 48 valence electrons. The molecule has 0 N–H and O–H groups in total. The zero-order valence-electron chi connectivity index (χ0n) is 5.11. The van der Waals surface area contributed by atoms with E-state index >= 15 is 0 Å². The molecule has 0 spiro atoms. The Morgan fingerprint density at radius 3 is 3.10 bits per heavy atom. The zero-order valence-corrected chi connectivity index (χ0v) is 6.83. The number of rotatable bonds is 0. The van der Waals surface area contributed by atoms with Crippen LogP contribution >= 0.6 is 0 Å². The molecule has 2 nitrogen and oxygen atoms in total. The molecule has 0 saturated heterocycles. The van der Waals surface area contributed by atoms with E-state index in [9.17, 15) is 0 Å². The number of para-hydroxylation sites is 2. The fourth-order valence-electron chi connectivity index (χ4n) is 1.11. The molecule has 0 amide bonds. The maximum atomic E-state index is 4.40. The molecule has 0 radical (unpaired) electrons. The molecule has 0 saturated carbocycles. The van der Waals surface area contributed by atoms with Crippen molar-refractivity contribution in [2.45, 2.75) is 0 Å². The van der Waals surface area contributed by atoms with Crippen LogP contribution in [0.3, 0.4) is 0 Å². The third-order valence-corrected chi connectivity index (χ3v) is 3.34. The van der Waals surface area contributed by atoms with Gasteiger partial charge in [-0.05, 0) is 0 Å². The van der Waals surface area contributed by atoms with E-state index in [0.717, 1.165) is 5.52 Å². The van der Waals surface area contributed by atoms with E-state index in [4.69, 9.17) is 0 Å². The SMILES string of the molecule is c1ccc2c(c1)nc1n2[Se]1. The first-order chi connectivity index (χ1) is 4.95. The van der Waals surface area contributed by atoms with Gasteiger partial charge in [-0.3, -0.25) is 0 Å². The Kier molecular flexibility index (Phi) is 0.712. The topological polar surface area (TPSA) is 17.8 Å². The van der Waals surface area contributed by atoms with Gasteiger partial charge < -0.3 is 0 Å². The van der Waals surface area contributed by atoms with Crippen molar-refractivity contribution in [3.8, 4) is 0 Å². The van der Waals surface area contributed by atoms with Crippen molar-refractivity contribution in [1.82, 2.24) is 8.57 Å². The van der Waals surface area contributed by atoms with Crippen molar-refractivity contribution in [2.24, 2.45) is 0 Å². The number of hydrogen-bond acceptors (Lipinski definition) is 1. The molecule has 2 heterocycles.